The van der Waals surface area contributed by atoms with Crippen LogP contribution in [0.4, 0.5) is 26.1 Å². The summed E-state index contributed by atoms with van der Waals surface area (Å²) in [6.07, 6.45) is 1.36. The smallest absolute Gasteiger partial charge is 0.274 e. The molecule has 2 aromatic carbocycles. The quantitative estimate of drug-likeness (QED) is 0.728. The fraction of sp³-hybridized carbons (Fsp3) is 0.0556. The number of hydrogen-bond acceptors (Lipinski definition) is 5. The third-order valence-electron chi connectivity index (χ3n) is 3.41. The highest BCUT2D eigenvalue weighted by Gasteiger charge is 2.11. The molecule has 3 rings (SSSR count). The molecule has 1 aromatic heterocycles. The van der Waals surface area contributed by atoms with Crippen molar-refractivity contribution in [2.75, 3.05) is 17.7 Å². The average molecular weight is 356 g/mol. The molecule has 0 atom stereocenters. The van der Waals surface area contributed by atoms with Crippen LogP contribution in [0.2, 0.25) is 0 Å². The highest BCUT2D eigenvalue weighted by molar-refractivity contribution is 6.03. The van der Waals surface area contributed by atoms with Crippen molar-refractivity contribution < 1.29 is 18.3 Å². The number of hydrogen-bond donors (Lipinski definition) is 2. The Hall–Kier alpha value is -3.55. The SMILES string of the molecule is COc1ccc(NC(=O)c2ccnc(Nc3ccc(F)cc3F)n2)cc1. The van der Waals surface area contributed by atoms with Crippen LogP contribution in [0.1, 0.15) is 10.5 Å². The summed E-state index contributed by atoms with van der Waals surface area (Å²) in [7, 11) is 1.55. The molecule has 3 aromatic rings. The fourth-order valence-corrected chi connectivity index (χ4v) is 2.13. The van der Waals surface area contributed by atoms with Crippen LogP contribution >= 0.6 is 0 Å². The first-order valence-electron chi connectivity index (χ1n) is 7.55. The van der Waals surface area contributed by atoms with Crippen molar-refractivity contribution in [3.63, 3.8) is 0 Å². The molecule has 26 heavy (non-hydrogen) atoms. The van der Waals surface area contributed by atoms with Gasteiger partial charge in [-0.2, -0.15) is 0 Å². The zero-order valence-corrected chi connectivity index (χ0v) is 13.7. The largest absolute Gasteiger partial charge is 0.497 e. The number of aromatic nitrogens is 2. The highest BCUT2D eigenvalue weighted by Crippen LogP contribution is 2.19. The average Bonchev–Trinajstić information content (AvgIpc) is 2.65. The Kier molecular flexibility index (Phi) is 5.02. The predicted molar refractivity (Wildman–Crippen MR) is 92.6 cm³/mol. The zero-order chi connectivity index (χ0) is 18.5. The van der Waals surface area contributed by atoms with E-state index in [4.69, 9.17) is 4.74 Å². The predicted octanol–water partition coefficient (Wildman–Crippen LogP) is 3.76. The lowest BCUT2D eigenvalue weighted by atomic mass is 10.3. The number of carbonyl (C=O) groups excluding carboxylic acids is 1. The third-order valence-corrected chi connectivity index (χ3v) is 3.41. The van der Waals surface area contributed by atoms with Gasteiger partial charge in [0.25, 0.3) is 5.91 Å². The molecule has 0 saturated carbocycles. The van der Waals surface area contributed by atoms with Gasteiger partial charge in [0.05, 0.1) is 12.8 Å². The Bertz CT molecular complexity index is 933. The molecular weight excluding hydrogens is 342 g/mol. The van der Waals surface area contributed by atoms with Crippen LogP contribution in [-0.2, 0) is 0 Å². The van der Waals surface area contributed by atoms with Crippen molar-refractivity contribution in [1.29, 1.82) is 0 Å². The summed E-state index contributed by atoms with van der Waals surface area (Å²) in [6, 6.07) is 11.3. The van der Waals surface area contributed by atoms with Crippen LogP contribution in [0.5, 0.6) is 5.75 Å². The number of rotatable bonds is 5. The van der Waals surface area contributed by atoms with E-state index in [9.17, 15) is 13.6 Å². The molecule has 1 heterocycles. The van der Waals surface area contributed by atoms with Gasteiger partial charge in [0, 0.05) is 18.0 Å². The molecular formula is C18H14F2N4O2. The fourth-order valence-electron chi connectivity index (χ4n) is 2.13. The Balaban J connectivity index is 1.74. The number of ether oxygens (including phenoxy) is 1. The summed E-state index contributed by atoms with van der Waals surface area (Å²) in [6.45, 7) is 0. The second-order valence-electron chi connectivity index (χ2n) is 5.20. The topological polar surface area (TPSA) is 76.1 Å². The van der Waals surface area contributed by atoms with Gasteiger partial charge in [-0.15, -0.1) is 0 Å². The molecule has 0 bridgehead atoms. The summed E-state index contributed by atoms with van der Waals surface area (Å²) in [5.74, 6) is -1.26. The standard InChI is InChI=1S/C18H14F2N4O2/c1-26-13-5-3-12(4-6-13)22-17(25)16-8-9-21-18(24-16)23-15-7-2-11(19)10-14(15)20/h2-10H,1H3,(H,22,25)(H,21,23,24). The minimum atomic E-state index is -0.790. The van der Waals surface area contributed by atoms with Crippen LogP contribution in [0, 0.1) is 11.6 Å². The van der Waals surface area contributed by atoms with Gasteiger partial charge in [-0.25, -0.2) is 18.7 Å². The lowest BCUT2D eigenvalue weighted by molar-refractivity contribution is 0.102. The summed E-state index contributed by atoms with van der Waals surface area (Å²) in [5, 5.41) is 5.30. The first-order valence-corrected chi connectivity index (χ1v) is 7.55. The molecule has 0 unspecified atom stereocenters. The van der Waals surface area contributed by atoms with Crippen LogP contribution in [0.3, 0.4) is 0 Å². The lowest BCUT2D eigenvalue weighted by Crippen LogP contribution is -2.14. The van der Waals surface area contributed by atoms with Crippen LogP contribution in [0.25, 0.3) is 0 Å². The van der Waals surface area contributed by atoms with Crippen molar-refractivity contribution in [1.82, 2.24) is 9.97 Å². The Labute approximate surface area is 147 Å². The molecule has 0 saturated heterocycles. The number of carbonyl (C=O) groups is 1. The molecule has 0 aliphatic heterocycles. The van der Waals surface area contributed by atoms with E-state index in [-0.39, 0.29) is 17.3 Å². The van der Waals surface area contributed by atoms with Gasteiger partial charge in [-0.05, 0) is 42.5 Å². The van der Waals surface area contributed by atoms with Gasteiger partial charge in [0.15, 0.2) is 0 Å². The monoisotopic (exact) mass is 356 g/mol. The van der Waals surface area contributed by atoms with Crippen LogP contribution < -0.4 is 15.4 Å². The summed E-state index contributed by atoms with van der Waals surface area (Å²) in [4.78, 5) is 20.3. The lowest BCUT2D eigenvalue weighted by Gasteiger charge is -2.08. The van der Waals surface area contributed by atoms with Gasteiger partial charge in [-0.1, -0.05) is 0 Å². The molecule has 8 heteroatoms. The van der Waals surface area contributed by atoms with E-state index < -0.39 is 17.5 Å². The highest BCUT2D eigenvalue weighted by atomic mass is 19.1. The van der Waals surface area contributed by atoms with E-state index in [2.05, 4.69) is 20.6 Å². The van der Waals surface area contributed by atoms with Crippen molar-refractivity contribution in [3.05, 3.63) is 72.1 Å². The molecule has 0 aliphatic rings. The Morgan fingerprint density at radius 1 is 1.08 bits per heavy atom. The second kappa shape index (κ2) is 7.56. The number of amides is 1. The van der Waals surface area contributed by atoms with E-state index >= 15 is 0 Å². The first-order chi connectivity index (χ1) is 12.5. The number of nitrogens with one attached hydrogen (secondary N) is 2. The molecule has 6 nitrogen and oxygen atoms in total. The van der Waals surface area contributed by atoms with E-state index in [0.29, 0.717) is 11.4 Å². The minimum Gasteiger partial charge on any atom is -0.497 e. The summed E-state index contributed by atoms with van der Waals surface area (Å²) >= 11 is 0. The minimum absolute atomic E-state index is 0.000822. The summed E-state index contributed by atoms with van der Waals surface area (Å²) in [5.41, 5.74) is 0.647. The van der Waals surface area contributed by atoms with Crippen LogP contribution in [0.15, 0.2) is 54.7 Å². The van der Waals surface area contributed by atoms with Gasteiger partial charge in [0.1, 0.15) is 23.1 Å². The number of anilines is 3. The number of nitrogens with zero attached hydrogens (tertiary/aromatic N) is 2. The summed E-state index contributed by atoms with van der Waals surface area (Å²) < 4.78 is 31.7. The van der Waals surface area contributed by atoms with Crippen molar-refractivity contribution >= 4 is 23.2 Å². The van der Waals surface area contributed by atoms with Crippen LogP contribution in [-0.4, -0.2) is 23.0 Å². The Morgan fingerprint density at radius 3 is 2.54 bits per heavy atom. The van der Waals surface area contributed by atoms with Gasteiger partial charge in [0.2, 0.25) is 5.95 Å². The van der Waals surface area contributed by atoms with Gasteiger partial charge < -0.3 is 15.4 Å². The Morgan fingerprint density at radius 2 is 1.85 bits per heavy atom. The normalized spacial score (nSPS) is 10.3. The zero-order valence-electron chi connectivity index (χ0n) is 13.7. The third kappa shape index (κ3) is 4.10. The molecule has 0 fully saturated rings. The molecule has 0 radical (unpaired) electrons. The molecule has 0 aliphatic carbocycles. The number of methoxy groups -OCH3 is 1. The maximum atomic E-state index is 13.7. The molecule has 2 N–H and O–H groups in total. The maximum Gasteiger partial charge on any atom is 0.274 e. The molecule has 132 valence electrons. The van der Waals surface area contributed by atoms with Gasteiger partial charge in [-0.3, -0.25) is 4.79 Å². The second-order valence-corrected chi connectivity index (χ2v) is 5.20. The number of halogens is 2. The van der Waals surface area contributed by atoms with E-state index in [1.54, 1.807) is 31.4 Å². The van der Waals surface area contributed by atoms with E-state index in [1.807, 2.05) is 0 Å². The maximum absolute atomic E-state index is 13.7. The number of benzene rings is 2. The molecule has 0 spiro atoms. The van der Waals surface area contributed by atoms with Crippen molar-refractivity contribution in [2.24, 2.45) is 0 Å². The first kappa shape index (κ1) is 17.3. The van der Waals surface area contributed by atoms with Crippen molar-refractivity contribution in [3.8, 4) is 5.75 Å². The van der Waals surface area contributed by atoms with Crippen molar-refractivity contribution in [2.45, 2.75) is 0 Å². The van der Waals surface area contributed by atoms with E-state index in [0.717, 1.165) is 12.1 Å². The van der Waals surface area contributed by atoms with Gasteiger partial charge >= 0.3 is 0 Å². The van der Waals surface area contributed by atoms with E-state index in [1.165, 1.54) is 18.3 Å². The molecule has 1 amide bonds.